The molecule has 1 aromatic heterocycles. The van der Waals surface area contributed by atoms with Crippen molar-refractivity contribution in [3.63, 3.8) is 0 Å². The lowest BCUT2D eigenvalue weighted by Crippen LogP contribution is -2.39. The summed E-state index contributed by atoms with van der Waals surface area (Å²) in [4.78, 5) is 16.9. The molecule has 2 heterocycles. The summed E-state index contributed by atoms with van der Waals surface area (Å²) >= 11 is 0. The summed E-state index contributed by atoms with van der Waals surface area (Å²) in [6.45, 7) is 6.80. The Bertz CT molecular complexity index is 961. The van der Waals surface area contributed by atoms with Crippen molar-refractivity contribution in [2.75, 3.05) is 33.4 Å². The number of nitrogens with zero attached hydrogens (tertiary/aromatic N) is 2. The second-order valence-corrected chi connectivity index (χ2v) is 7.79. The molecule has 158 valence electrons. The first-order chi connectivity index (χ1) is 14.6. The van der Waals surface area contributed by atoms with Crippen LogP contribution in [-0.4, -0.2) is 49.2 Å². The van der Waals surface area contributed by atoms with Crippen LogP contribution in [0.15, 0.2) is 59.0 Å². The third-order valence-corrected chi connectivity index (χ3v) is 5.80. The fourth-order valence-corrected chi connectivity index (χ4v) is 3.75. The van der Waals surface area contributed by atoms with Gasteiger partial charge in [0.1, 0.15) is 11.3 Å². The number of rotatable bonds is 6. The fraction of sp³-hybridized carbons (Fsp3) is 0.375. The van der Waals surface area contributed by atoms with E-state index in [1.54, 1.807) is 11.9 Å². The maximum Gasteiger partial charge on any atom is 0.318 e. The Kier molecular flexibility index (Phi) is 6.35. The van der Waals surface area contributed by atoms with Crippen LogP contribution in [0, 0.1) is 0 Å². The highest BCUT2D eigenvalue weighted by Gasteiger charge is 2.21. The van der Waals surface area contributed by atoms with Crippen molar-refractivity contribution in [1.29, 1.82) is 0 Å². The van der Waals surface area contributed by atoms with Gasteiger partial charge in [-0.3, -0.25) is 4.90 Å². The van der Waals surface area contributed by atoms with Crippen molar-refractivity contribution < 1.29 is 13.9 Å². The molecule has 4 rings (SSSR count). The van der Waals surface area contributed by atoms with Gasteiger partial charge in [0.25, 0.3) is 0 Å². The first kappa shape index (κ1) is 20.4. The molecule has 6 heteroatoms. The number of benzene rings is 2. The number of furan rings is 1. The number of ether oxygens (including phenoxy) is 1. The van der Waals surface area contributed by atoms with Crippen molar-refractivity contribution in [3.8, 4) is 0 Å². The highest BCUT2D eigenvalue weighted by atomic mass is 16.5. The van der Waals surface area contributed by atoms with Crippen LogP contribution in [0.25, 0.3) is 11.0 Å². The van der Waals surface area contributed by atoms with E-state index in [1.807, 2.05) is 43.3 Å². The van der Waals surface area contributed by atoms with Crippen LogP contribution in [0.4, 0.5) is 4.79 Å². The molecular weight excluding hydrogens is 378 g/mol. The number of carbonyl (C=O) groups excluding carboxylic acids is 1. The number of hydrogen-bond acceptors (Lipinski definition) is 4. The molecule has 3 aromatic rings. The SMILES string of the molecule is CC(c1cc2ccccc2o1)N(C)C(=O)NCc1ccccc1CN1CCOCC1. The fourth-order valence-electron chi connectivity index (χ4n) is 3.75. The Morgan fingerprint density at radius 1 is 1.10 bits per heavy atom. The summed E-state index contributed by atoms with van der Waals surface area (Å²) in [7, 11) is 1.80. The predicted molar refractivity (Wildman–Crippen MR) is 117 cm³/mol. The Labute approximate surface area is 177 Å². The van der Waals surface area contributed by atoms with Gasteiger partial charge in [-0.05, 0) is 30.2 Å². The van der Waals surface area contributed by atoms with Crippen LogP contribution in [0.1, 0.15) is 29.9 Å². The van der Waals surface area contributed by atoms with Gasteiger partial charge in [-0.1, -0.05) is 42.5 Å². The van der Waals surface area contributed by atoms with E-state index in [2.05, 4.69) is 28.4 Å². The molecule has 1 aliphatic heterocycles. The molecule has 0 radical (unpaired) electrons. The standard InChI is InChI=1S/C24H29N3O3/c1-18(23-15-19-7-5-6-10-22(19)30-23)26(2)24(28)25-16-20-8-3-4-9-21(20)17-27-11-13-29-14-12-27/h3-10,15,18H,11-14,16-17H2,1-2H3,(H,25,28). The number of hydrogen-bond donors (Lipinski definition) is 1. The number of urea groups is 1. The Balaban J connectivity index is 1.38. The van der Waals surface area contributed by atoms with Gasteiger partial charge in [-0.15, -0.1) is 0 Å². The van der Waals surface area contributed by atoms with Crippen molar-refractivity contribution >= 4 is 17.0 Å². The van der Waals surface area contributed by atoms with Crippen LogP contribution in [0.2, 0.25) is 0 Å². The quantitative estimate of drug-likeness (QED) is 0.666. The van der Waals surface area contributed by atoms with Crippen molar-refractivity contribution in [2.45, 2.75) is 26.1 Å². The molecule has 1 atom stereocenters. The van der Waals surface area contributed by atoms with Gasteiger partial charge in [0, 0.05) is 38.6 Å². The van der Waals surface area contributed by atoms with E-state index in [4.69, 9.17) is 9.15 Å². The van der Waals surface area contributed by atoms with Crippen molar-refractivity contribution in [3.05, 3.63) is 71.5 Å². The molecule has 2 aromatic carbocycles. The highest BCUT2D eigenvalue weighted by Crippen LogP contribution is 2.26. The van der Waals surface area contributed by atoms with Crippen LogP contribution in [0.3, 0.4) is 0 Å². The second-order valence-electron chi connectivity index (χ2n) is 7.79. The first-order valence-electron chi connectivity index (χ1n) is 10.5. The summed E-state index contributed by atoms with van der Waals surface area (Å²) in [5.74, 6) is 0.779. The molecule has 0 saturated carbocycles. The van der Waals surface area contributed by atoms with E-state index in [0.717, 1.165) is 55.1 Å². The van der Waals surface area contributed by atoms with Crippen LogP contribution in [-0.2, 0) is 17.8 Å². The third kappa shape index (κ3) is 4.66. The molecule has 30 heavy (non-hydrogen) atoms. The summed E-state index contributed by atoms with van der Waals surface area (Å²) in [5.41, 5.74) is 3.22. The molecular formula is C24H29N3O3. The lowest BCUT2D eigenvalue weighted by atomic mass is 10.1. The van der Waals surface area contributed by atoms with Gasteiger partial charge in [0.05, 0.1) is 19.3 Å². The van der Waals surface area contributed by atoms with Gasteiger partial charge in [-0.2, -0.15) is 0 Å². The molecule has 0 spiro atoms. The number of para-hydroxylation sites is 1. The summed E-state index contributed by atoms with van der Waals surface area (Å²) in [6.07, 6.45) is 0. The lowest BCUT2D eigenvalue weighted by Gasteiger charge is -2.28. The van der Waals surface area contributed by atoms with Gasteiger partial charge in [-0.25, -0.2) is 4.79 Å². The van der Waals surface area contributed by atoms with E-state index in [1.165, 1.54) is 5.56 Å². The molecule has 0 aliphatic carbocycles. The van der Waals surface area contributed by atoms with Gasteiger partial charge in [0.2, 0.25) is 0 Å². The second kappa shape index (κ2) is 9.32. The minimum absolute atomic E-state index is 0.121. The average molecular weight is 408 g/mol. The molecule has 1 fully saturated rings. The molecule has 1 unspecified atom stereocenters. The minimum atomic E-state index is -0.166. The maximum absolute atomic E-state index is 12.8. The largest absolute Gasteiger partial charge is 0.459 e. The lowest BCUT2D eigenvalue weighted by molar-refractivity contribution is 0.0340. The van der Waals surface area contributed by atoms with Gasteiger partial charge in [0.15, 0.2) is 0 Å². The number of nitrogens with one attached hydrogen (secondary N) is 1. The average Bonchev–Trinajstić information content (AvgIpc) is 3.22. The topological polar surface area (TPSA) is 58.0 Å². The van der Waals surface area contributed by atoms with Gasteiger partial charge < -0.3 is 19.4 Å². The normalized spacial score (nSPS) is 15.8. The monoisotopic (exact) mass is 407 g/mol. The highest BCUT2D eigenvalue weighted by molar-refractivity contribution is 5.78. The first-order valence-corrected chi connectivity index (χ1v) is 10.5. The maximum atomic E-state index is 12.8. The summed E-state index contributed by atoms with van der Waals surface area (Å²) < 4.78 is 11.4. The Morgan fingerprint density at radius 3 is 2.57 bits per heavy atom. The molecule has 1 N–H and O–H groups in total. The molecule has 2 amide bonds. The molecule has 1 aliphatic rings. The van der Waals surface area contributed by atoms with Crippen LogP contribution in [0.5, 0.6) is 0 Å². The van der Waals surface area contributed by atoms with E-state index < -0.39 is 0 Å². The zero-order chi connectivity index (χ0) is 20.9. The summed E-state index contributed by atoms with van der Waals surface area (Å²) in [6, 6.07) is 17.9. The zero-order valence-corrected chi connectivity index (χ0v) is 17.6. The van der Waals surface area contributed by atoms with E-state index in [9.17, 15) is 4.79 Å². The third-order valence-electron chi connectivity index (χ3n) is 5.80. The molecule has 1 saturated heterocycles. The number of carbonyl (C=O) groups is 1. The smallest absolute Gasteiger partial charge is 0.318 e. The minimum Gasteiger partial charge on any atom is -0.459 e. The van der Waals surface area contributed by atoms with Crippen LogP contribution < -0.4 is 5.32 Å². The number of amides is 2. The van der Waals surface area contributed by atoms with E-state index in [-0.39, 0.29) is 12.1 Å². The van der Waals surface area contributed by atoms with Crippen molar-refractivity contribution in [1.82, 2.24) is 15.1 Å². The Morgan fingerprint density at radius 2 is 1.80 bits per heavy atom. The predicted octanol–water partition coefficient (Wildman–Crippen LogP) is 4.17. The number of morpholine rings is 1. The van der Waals surface area contributed by atoms with Gasteiger partial charge >= 0.3 is 6.03 Å². The van der Waals surface area contributed by atoms with Crippen molar-refractivity contribution in [2.24, 2.45) is 0 Å². The Hall–Kier alpha value is -2.83. The van der Waals surface area contributed by atoms with Crippen LogP contribution >= 0.6 is 0 Å². The summed E-state index contributed by atoms with van der Waals surface area (Å²) in [5, 5.41) is 4.11. The van der Waals surface area contributed by atoms with E-state index >= 15 is 0 Å². The van der Waals surface area contributed by atoms with E-state index in [0.29, 0.717) is 6.54 Å². The molecule has 6 nitrogen and oxygen atoms in total. The zero-order valence-electron chi connectivity index (χ0n) is 17.6. The molecule has 0 bridgehead atoms. The number of fused-ring (bicyclic) bond motifs is 1.